The summed E-state index contributed by atoms with van der Waals surface area (Å²) in [6, 6.07) is 10.3. The number of halogens is 1. The van der Waals surface area contributed by atoms with Crippen molar-refractivity contribution in [2.45, 2.75) is 39.8 Å². The van der Waals surface area contributed by atoms with Gasteiger partial charge in [0.15, 0.2) is 10.8 Å². The lowest BCUT2D eigenvalue weighted by molar-refractivity contribution is 0.0240. The van der Waals surface area contributed by atoms with Crippen LogP contribution in [0.4, 0.5) is 25.8 Å². The zero-order valence-corrected chi connectivity index (χ0v) is 24.0. The lowest BCUT2D eigenvalue weighted by Gasteiger charge is -2.36. The summed E-state index contributed by atoms with van der Waals surface area (Å²) < 4.78 is 20.9. The van der Waals surface area contributed by atoms with E-state index in [9.17, 15) is 14.4 Å². The van der Waals surface area contributed by atoms with E-state index in [4.69, 9.17) is 14.8 Å². The first-order chi connectivity index (χ1) is 19.1. The molecular formula is C28H31FN8O2S. The molecule has 3 aromatic heterocycles. The van der Waals surface area contributed by atoms with Crippen LogP contribution in [-0.2, 0) is 11.3 Å². The fourth-order valence-electron chi connectivity index (χ4n) is 4.63. The minimum atomic E-state index is -0.532. The highest BCUT2D eigenvalue weighted by Crippen LogP contribution is 2.38. The number of nitriles is 1. The van der Waals surface area contributed by atoms with Gasteiger partial charge in [0.2, 0.25) is 0 Å². The second kappa shape index (κ2) is 10.7. The molecule has 4 aromatic rings. The van der Waals surface area contributed by atoms with Gasteiger partial charge in [-0.1, -0.05) is 11.3 Å². The Morgan fingerprint density at radius 2 is 1.90 bits per heavy atom. The average Bonchev–Trinajstić information content (AvgIpc) is 3.53. The molecule has 5 rings (SSSR count). The zero-order chi connectivity index (χ0) is 28.6. The van der Waals surface area contributed by atoms with E-state index in [1.165, 1.54) is 23.5 Å². The Bertz CT molecular complexity index is 1580. The van der Waals surface area contributed by atoms with Gasteiger partial charge in [0.1, 0.15) is 33.9 Å². The molecule has 1 amide bonds. The molecule has 0 atom stereocenters. The van der Waals surface area contributed by atoms with E-state index in [-0.39, 0.29) is 11.9 Å². The monoisotopic (exact) mass is 562 g/mol. The second-order valence-electron chi connectivity index (χ2n) is 10.5. The third kappa shape index (κ3) is 5.42. The predicted octanol–water partition coefficient (Wildman–Crippen LogP) is 5.41. The van der Waals surface area contributed by atoms with E-state index in [1.54, 1.807) is 17.0 Å². The maximum Gasteiger partial charge on any atom is 0.410 e. The summed E-state index contributed by atoms with van der Waals surface area (Å²) in [6.07, 6.45) is 1.51. The molecule has 4 heterocycles. The number of pyridine rings is 1. The number of aryl methyl sites for hydroxylation is 1. The molecule has 1 aliphatic rings. The number of hydrogen-bond donors (Lipinski definition) is 0. The molecule has 12 heteroatoms. The van der Waals surface area contributed by atoms with Crippen molar-refractivity contribution < 1.29 is 13.9 Å². The third-order valence-electron chi connectivity index (χ3n) is 6.59. The zero-order valence-electron chi connectivity index (χ0n) is 23.2. The molecule has 1 fully saturated rings. The number of nitrogens with zero attached hydrogens (tertiary/aromatic N) is 8. The van der Waals surface area contributed by atoms with Gasteiger partial charge in [-0.15, -0.1) is 0 Å². The van der Waals surface area contributed by atoms with Crippen molar-refractivity contribution in [2.75, 3.05) is 43.0 Å². The van der Waals surface area contributed by atoms with Gasteiger partial charge in [-0.3, -0.25) is 0 Å². The maximum absolute atomic E-state index is 13.5. The van der Waals surface area contributed by atoms with Gasteiger partial charge in [0.05, 0.1) is 17.3 Å². The van der Waals surface area contributed by atoms with Crippen molar-refractivity contribution in [2.24, 2.45) is 0 Å². The molecule has 1 aliphatic heterocycles. The number of carbonyl (C=O) groups excluding carboxylic acids is 1. The molecular weight excluding hydrogens is 531 g/mol. The summed E-state index contributed by atoms with van der Waals surface area (Å²) >= 11 is 1.27. The fraction of sp³-hybridized carbons (Fsp3) is 0.393. The average molecular weight is 563 g/mol. The van der Waals surface area contributed by atoms with Crippen LogP contribution in [0.5, 0.6) is 0 Å². The lowest BCUT2D eigenvalue weighted by Crippen LogP contribution is -2.50. The Morgan fingerprint density at radius 1 is 1.20 bits per heavy atom. The van der Waals surface area contributed by atoms with Gasteiger partial charge in [0, 0.05) is 45.3 Å². The SMILES string of the molecule is CCn1nc2ncc(N3CCN(C(=O)OC(C)(C)C)CC3)cc2c1N(C)c1nc(-c2ccc(F)cc2)c(C#N)s1. The summed E-state index contributed by atoms with van der Waals surface area (Å²) in [5.41, 5.74) is 2.21. The first kappa shape index (κ1) is 27.3. The topological polar surface area (TPSA) is 103 Å². The van der Waals surface area contributed by atoms with E-state index < -0.39 is 5.60 Å². The number of carbonyl (C=O) groups is 1. The number of amides is 1. The van der Waals surface area contributed by atoms with Crippen molar-refractivity contribution in [1.29, 1.82) is 5.26 Å². The number of rotatable bonds is 5. The Hall–Kier alpha value is -4.24. The lowest BCUT2D eigenvalue weighted by atomic mass is 10.1. The summed E-state index contributed by atoms with van der Waals surface area (Å²) in [4.78, 5) is 28.2. The van der Waals surface area contributed by atoms with Crippen molar-refractivity contribution in [3.05, 3.63) is 47.2 Å². The van der Waals surface area contributed by atoms with Crippen LogP contribution in [0.2, 0.25) is 0 Å². The molecule has 208 valence electrons. The number of anilines is 3. The Morgan fingerprint density at radius 3 is 2.52 bits per heavy atom. The van der Waals surface area contributed by atoms with E-state index >= 15 is 0 Å². The number of hydrogen-bond acceptors (Lipinski definition) is 9. The highest BCUT2D eigenvalue weighted by Gasteiger charge is 2.27. The molecule has 0 bridgehead atoms. The van der Waals surface area contributed by atoms with Crippen molar-refractivity contribution >= 4 is 45.1 Å². The van der Waals surface area contributed by atoms with Gasteiger partial charge in [-0.05, 0) is 58.0 Å². The number of piperazine rings is 1. The van der Waals surface area contributed by atoms with Crippen LogP contribution in [0, 0.1) is 17.1 Å². The molecule has 1 aromatic carbocycles. The molecule has 0 radical (unpaired) electrons. The van der Waals surface area contributed by atoms with Gasteiger partial charge in [-0.2, -0.15) is 10.4 Å². The molecule has 10 nitrogen and oxygen atoms in total. The van der Waals surface area contributed by atoms with Crippen LogP contribution < -0.4 is 9.80 Å². The van der Waals surface area contributed by atoms with Crippen LogP contribution in [0.15, 0.2) is 36.5 Å². The second-order valence-corrected chi connectivity index (χ2v) is 11.5. The summed E-state index contributed by atoms with van der Waals surface area (Å²) in [7, 11) is 1.89. The summed E-state index contributed by atoms with van der Waals surface area (Å²) in [5, 5.41) is 16.0. The predicted molar refractivity (Wildman–Crippen MR) is 154 cm³/mol. The van der Waals surface area contributed by atoms with E-state index in [0.29, 0.717) is 59.6 Å². The van der Waals surface area contributed by atoms with Crippen LogP contribution in [0.25, 0.3) is 22.3 Å². The van der Waals surface area contributed by atoms with Crippen molar-refractivity contribution in [1.82, 2.24) is 24.6 Å². The highest BCUT2D eigenvalue weighted by atomic mass is 32.1. The summed E-state index contributed by atoms with van der Waals surface area (Å²) in [5.74, 6) is 0.464. The summed E-state index contributed by atoms with van der Waals surface area (Å²) in [6.45, 7) is 10.6. The van der Waals surface area contributed by atoms with Gasteiger partial charge >= 0.3 is 6.09 Å². The Labute approximate surface area is 236 Å². The fourth-order valence-corrected chi connectivity index (χ4v) is 5.48. The van der Waals surface area contributed by atoms with Gasteiger partial charge < -0.3 is 19.4 Å². The molecule has 0 unspecified atom stereocenters. The van der Waals surface area contributed by atoms with E-state index in [2.05, 4.69) is 22.0 Å². The molecule has 40 heavy (non-hydrogen) atoms. The van der Waals surface area contributed by atoms with E-state index in [1.807, 2.05) is 50.5 Å². The van der Waals surface area contributed by atoms with Gasteiger partial charge in [0.25, 0.3) is 0 Å². The van der Waals surface area contributed by atoms with E-state index in [0.717, 1.165) is 16.9 Å². The van der Waals surface area contributed by atoms with Crippen molar-refractivity contribution in [3.8, 4) is 17.3 Å². The third-order valence-corrected chi connectivity index (χ3v) is 7.63. The standard InChI is InChI=1S/C28H31FN8O2S/c1-6-37-25(34(5)26-32-23(22(16-30)40-26)18-7-9-19(29)10-8-18)21-15-20(17-31-24(21)33-37)35-11-13-36(14-12-35)27(38)39-28(2,3)4/h7-10,15,17H,6,11-14H2,1-5H3. The minimum Gasteiger partial charge on any atom is -0.444 e. The first-order valence-electron chi connectivity index (χ1n) is 13.1. The van der Waals surface area contributed by atoms with Crippen molar-refractivity contribution in [3.63, 3.8) is 0 Å². The quantitative estimate of drug-likeness (QED) is 0.318. The highest BCUT2D eigenvalue weighted by molar-refractivity contribution is 7.16. The molecule has 0 aliphatic carbocycles. The smallest absolute Gasteiger partial charge is 0.410 e. The van der Waals surface area contributed by atoms with Crippen LogP contribution in [0.1, 0.15) is 32.6 Å². The normalized spacial score (nSPS) is 13.9. The number of fused-ring (bicyclic) bond motifs is 1. The number of benzene rings is 1. The first-order valence-corrected chi connectivity index (χ1v) is 13.9. The molecule has 1 saturated heterocycles. The number of ether oxygens (including phenoxy) is 1. The van der Waals surface area contributed by atoms with Crippen LogP contribution in [0.3, 0.4) is 0 Å². The maximum atomic E-state index is 13.5. The Balaban J connectivity index is 1.43. The van der Waals surface area contributed by atoms with Crippen LogP contribution in [-0.4, -0.2) is 69.6 Å². The Kier molecular flexibility index (Phi) is 7.33. The minimum absolute atomic E-state index is 0.297. The largest absolute Gasteiger partial charge is 0.444 e. The van der Waals surface area contributed by atoms with Gasteiger partial charge in [-0.25, -0.2) is 23.8 Å². The number of aromatic nitrogens is 4. The van der Waals surface area contributed by atoms with Crippen LogP contribution >= 0.6 is 11.3 Å². The molecule has 0 saturated carbocycles. The molecule has 0 N–H and O–H groups in total. The molecule has 0 spiro atoms. The number of thiazole rings is 1.